The molecule has 1 aromatic carbocycles. The summed E-state index contributed by atoms with van der Waals surface area (Å²) in [4.78, 5) is 56.2. The second-order valence-electron chi connectivity index (χ2n) is 11.6. The van der Waals surface area contributed by atoms with Crippen LogP contribution in [0.2, 0.25) is 0 Å². The Hall–Kier alpha value is -3.47. The van der Waals surface area contributed by atoms with E-state index in [4.69, 9.17) is 9.47 Å². The molecule has 3 amide bonds. The highest BCUT2D eigenvalue weighted by Gasteiger charge is 2.30. The molecular weight excluding hydrogens is 556 g/mol. The Morgan fingerprint density at radius 2 is 1.36 bits per heavy atom. The molecule has 3 atom stereocenters. The second-order valence-corrected chi connectivity index (χ2v) is 12.5. The third-order valence-corrected chi connectivity index (χ3v) is 7.16. The van der Waals surface area contributed by atoms with Crippen molar-refractivity contribution in [3.63, 3.8) is 0 Å². The first-order valence-electron chi connectivity index (χ1n) is 14.6. The lowest BCUT2D eigenvalue weighted by molar-refractivity contribution is -0.131. The van der Waals surface area contributed by atoms with Gasteiger partial charge in [0.1, 0.15) is 23.7 Å². The zero-order chi connectivity index (χ0) is 31.2. The predicted molar refractivity (Wildman–Crippen MR) is 163 cm³/mol. The Bertz CT molecular complexity index is 1150. The van der Waals surface area contributed by atoms with Crippen molar-refractivity contribution in [2.24, 2.45) is 17.8 Å². The van der Waals surface area contributed by atoms with Crippen molar-refractivity contribution in [2.45, 2.75) is 92.5 Å². The number of esters is 1. The minimum atomic E-state index is -0.881. The molecule has 0 saturated carbocycles. The largest absolute Gasteiger partial charge is 0.461 e. The molecule has 0 fully saturated rings. The Balaban J connectivity index is 2.16. The summed E-state index contributed by atoms with van der Waals surface area (Å²) in [6.07, 6.45) is 0.649. The van der Waals surface area contributed by atoms with Crippen LogP contribution in [0, 0.1) is 17.8 Å². The lowest BCUT2D eigenvalue weighted by atomic mass is 9.99. The molecule has 0 bridgehead atoms. The molecule has 1 aromatic heterocycles. The van der Waals surface area contributed by atoms with Crippen molar-refractivity contribution in [3.8, 4) is 0 Å². The van der Waals surface area contributed by atoms with E-state index in [9.17, 15) is 19.2 Å². The molecule has 2 aromatic rings. The van der Waals surface area contributed by atoms with Gasteiger partial charge in [-0.05, 0) is 49.5 Å². The molecule has 0 unspecified atom stereocenters. The average Bonchev–Trinajstić information content (AvgIpc) is 3.41. The van der Waals surface area contributed by atoms with Crippen molar-refractivity contribution in [1.82, 2.24) is 20.9 Å². The van der Waals surface area contributed by atoms with Crippen LogP contribution < -0.4 is 16.0 Å². The molecule has 0 aliphatic rings. The van der Waals surface area contributed by atoms with Crippen molar-refractivity contribution < 1.29 is 28.7 Å². The van der Waals surface area contributed by atoms with Gasteiger partial charge in [-0.15, -0.1) is 11.3 Å². The zero-order valence-electron chi connectivity index (χ0n) is 25.8. The minimum absolute atomic E-state index is 0.0763. The van der Waals surface area contributed by atoms with Crippen molar-refractivity contribution in [2.75, 3.05) is 6.61 Å². The highest BCUT2D eigenvalue weighted by Crippen LogP contribution is 2.25. The van der Waals surface area contributed by atoms with Crippen LogP contribution in [-0.4, -0.2) is 47.6 Å². The number of carbonyl (C=O) groups is 4. The van der Waals surface area contributed by atoms with Gasteiger partial charge in [-0.25, -0.2) is 14.6 Å². The molecule has 0 aliphatic carbocycles. The maximum atomic E-state index is 13.6. The van der Waals surface area contributed by atoms with Gasteiger partial charge < -0.3 is 25.4 Å². The molecule has 2 rings (SSSR count). The first kappa shape index (κ1) is 34.7. The number of aromatic nitrogens is 1. The molecule has 42 heavy (non-hydrogen) atoms. The van der Waals surface area contributed by atoms with Crippen LogP contribution in [0.4, 0.5) is 4.79 Å². The van der Waals surface area contributed by atoms with Gasteiger partial charge in [-0.2, -0.15) is 0 Å². The number of amides is 3. The summed E-state index contributed by atoms with van der Waals surface area (Å²) < 4.78 is 10.4. The normalized spacial score (nSPS) is 13.4. The van der Waals surface area contributed by atoms with Gasteiger partial charge in [0.25, 0.3) is 0 Å². The molecule has 11 heteroatoms. The second kappa shape index (κ2) is 17.5. The van der Waals surface area contributed by atoms with Gasteiger partial charge in [-0.3, -0.25) is 9.59 Å². The predicted octanol–water partition coefficient (Wildman–Crippen LogP) is 5.40. The quantitative estimate of drug-likeness (QED) is 0.219. The van der Waals surface area contributed by atoms with Crippen LogP contribution in [0.5, 0.6) is 0 Å². The molecule has 0 spiro atoms. The van der Waals surface area contributed by atoms with E-state index < -0.39 is 36.1 Å². The standard InChI is InChI=1S/C31H46N4O6S/c1-8-40-30(38)26-18-42-29(34-26)25(16-21(6)7)33-27(36)23(14-19(2)3)32-28(37)24(15-20(4)5)35-31(39)41-17-22-12-10-9-11-13-22/h9-13,18-21,23-25H,8,14-17H2,1-7H3,(H,32,37)(H,33,36)(H,35,39)/t23-,24-,25-/m0/s1. The van der Waals surface area contributed by atoms with E-state index in [2.05, 4.69) is 20.9 Å². The molecular formula is C31H46N4O6S. The van der Waals surface area contributed by atoms with E-state index in [1.165, 1.54) is 11.3 Å². The average molecular weight is 603 g/mol. The summed E-state index contributed by atoms with van der Waals surface area (Å²) in [7, 11) is 0. The number of thiazole rings is 1. The van der Waals surface area contributed by atoms with Gasteiger partial charge in [0.05, 0.1) is 12.6 Å². The fourth-order valence-electron chi connectivity index (χ4n) is 4.30. The number of ether oxygens (including phenoxy) is 2. The van der Waals surface area contributed by atoms with Gasteiger partial charge in [0, 0.05) is 5.38 Å². The summed E-state index contributed by atoms with van der Waals surface area (Å²) >= 11 is 1.28. The maximum Gasteiger partial charge on any atom is 0.408 e. The lowest BCUT2D eigenvalue weighted by Crippen LogP contribution is -2.54. The number of alkyl carbamates (subject to hydrolysis) is 1. The molecule has 10 nitrogen and oxygen atoms in total. The fourth-order valence-corrected chi connectivity index (χ4v) is 5.15. The summed E-state index contributed by atoms with van der Waals surface area (Å²) in [6.45, 7) is 13.9. The van der Waals surface area contributed by atoms with Crippen molar-refractivity contribution in [3.05, 3.63) is 52.0 Å². The van der Waals surface area contributed by atoms with E-state index in [-0.39, 0.29) is 42.6 Å². The third-order valence-electron chi connectivity index (χ3n) is 6.20. The molecule has 1 heterocycles. The van der Waals surface area contributed by atoms with E-state index in [0.29, 0.717) is 24.3 Å². The summed E-state index contributed by atoms with van der Waals surface area (Å²) in [5, 5.41) is 10.8. The van der Waals surface area contributed by atoms with Crippen LogP contribution >= 0.6 is 11.3 Å². The zero-order valence-corrected chi connectivity index (χ0v) is 26.6. The fraction of sp³-hybridized carbons (Fsp3) is 0.581. The smallest absolute Gasteiger partial charge is 0.408 e. The number of benzene rings is 1. The molecule has 3 N–H and O–H groups in total. The number of nitrogens with zero attached hydrogens (tertiary/aromatic N) is 1. The van der Waals surface area contributed by atoms with E-state index >= 15 is 0 Å². The van der Waals surface area contributed by atoms with Gasteiger partial charge in [0.2, 0.25) is 11.8 Å². The Kier molecular flexibility index (Phi) is 14.5. The highest BCUT2D eigenvalue weighted by molar-refractivity contribution is 7.09. The van der Waals surface area contributed by atoms with Gasteiger partial charge >= 0.3 is 12.1 Å². The summed E-state index contributed by atoms with van der Waals surface area (Å²) in [5.41, 5.74) is 1.03. The Labute approximate surface area is 253 Å². The van der Waals surface area contributed by atoms with E-state index in [0.717, 1.165) is 5.56 Å². The summed E-state index contributed by atoms with van der Waals surface area (Å²) in [6, 6.07) is 7.10. The van der Waals surface area contributed by atoms with Crippen molar-refractivity contribution >= 4 is 35.2 Å². The third kappa shape index (κ3) is 12.2. The van der Waals surface area contributed by atoms with Crippen LogP contribution in [0.15, 0.2) is 35.7 Å². The first-order valence-corrected chi connectivity index (χ1v) is 15.5. The number of carbonyl (C=O) groups excluding carboxylic acids is 4. The summed E-state index contributed by atoms with van der Waals surface area (Å²) in [5.74, 6) is -0.893. The maximum absolute atomic E-state index is 13.6. The number of nitrogens with one attached hydrogen (secondary N) is 3. The number of hydrogen-bond acceptors (Lipinski definition) is 8. The topological polar surface area (TPSA) is 136 Å². The van der Waals surface area contributed by atoms with Gasteiger partial charge in [0.15, 0.2) is 5.69 Å². The van der Waals surface area contributed by atoms with Crippen LogP contribution in [0.25, 0.3) is 0 Å². The molecule has 0 aliphatic heterocycles. The SMILES string of the molecule is CCOC(=O)c1csc([C@H](CC(C)C)NC(=O)[C@H](CC(C)C)NC(=O)[C@H](CC(C)C)NC(=O)OCc2ccccc2)n1. The first-order chi connectivity index (χ1) is 19.9. The highest BCUT2D eigenvalue weighted by atomic mass is 32.1. The monoisotopic (exact) mass is 602 g/mol. The van der Waals surface area contributed by atoms with E-state index in [1.54, 1.807) is 12.3 Å². The molecule has 0 saturated heterocycles. The molecule has 232 valence electrons. The van der Waals surface area contributed by atoms with Gasteiger partial charge in [-0.1, -0.05) is 71.9 Å². The minimum Gasteiger partial charge on any atom is -0.461 e. The van der Waals surface area contributed by atoms with Crippen LogP contribution in [0.3, 0.4) is 0 Å². The van der Waals surface area contributed by atoms with Crippen LogP contribution in [-0.2, 0) is 25.7 Å². The Morgan fingerprint density at radius 3 is 1.93 bits per heavy atom. The lowest BCUT2D eigenvalue weighted by Gasteiger charge is -2.27. The van der Waals surface area contributed by atoms with Crippen molar-refractivity contribution in [1.29, 1.82) is 0 Å². The van der Waals surface area contributed by atoms with E-state index in [1.807, 2.05) is 71.9 Å². The number of hydrogen-bond donors (Lipinski definition) is 3. The van der Waals surface area contributed by atoms with Crippen LogP contribution in [0.1, 0.15) is 94.8 Å². The molecule has 0 radical (unpaired) electrons. The number of rotatable bonds is 16. The Morgan fingerprint density at radius 1 is 0.786 bits per heavy atom.